The number of nitrogens with zero attached hydrogens (tertiary/aromatic N) is 3. The molecule has 2 heterocycles. The van der Waals surface area contributed by atoms with Crippen molar-refractivity contribution in [3.8, 4) is 11.5 Å². The summed E-state index contributed by atoms with van der Waals surface area (Å²) in [5.74, 6) is 1.11. The second-order valence-corrected chi connectivity index (χ2v) is 12.6. The van der Waals surface area contributed by atoms with Gasteiger partial charge in [0.2, 0.25) is 0 Å². The number of hydrogen-bond acceptors (Lipinski definition) is 12. The molecule has 0 unspecified atom stereocenters. The van der Waals surface area contributed by atoms with Crippen LogP contribution in [0.4, 0.5) is 10.5 Å². The highest BCUT2D eigenvalue weighted by atomic mass is 17.0. The molecule has 2 aromatic rings. The number of benzene rings is 2. The number of piperidine rings is 1. The third-order valence-corrected chi connectivity index (χ3v) is 7.85. The van der Waals surface area contributed by atoms with Crippen LogP contribution in [0.1, 0.15) is 44.2 Å². The SMILES string of the molecule is COCCCN1CCOc2ccc(CO[C@H]3CN(C(=O)OC(C)(C)C)C[C@@H](OC[C@H](O)CO[N+](=O)[O-])[C@@H]3c3ccc(OC)cc3)cc21. The third kappa shape index (κ3) is 10.6. The highest BCUT2D eigenvalue weighted by Gasteiger charge is 2.42. The van der Waals surface area contributed by atoms with Gasteiger partial charge in [-0.25, -0.2) is 4.79 Å². The van der Waals surface area contributed by atoms with Gasteiger partial charge >= 0.3 is 6.09 Å². The molecule has 1 N–H and O–H groups in total. The molecule has 0 bridgehead atoms. The first-order valence-electron chi connectivity index (χ1n) is 15.8. The first kappa shape index (κ1) is 36.0. The van der Waals surface area contributed by atoms with Crippen LogP contribution in [-0.4, -0.2) is 112 Å². The van der Waals surface area contributed by atoms with Gasteiger partial charge in [0, 0.05) is 26.2 Å². The number of carbonyl (C=O) groups excluding carboxylic acids is 1. The number of anilines is 1. The number of amides is 1. The topological polar surface area (TPSA) is 152 Å². The van der Waals surface area contributed by atoms with Crippen molar-refractivity contribution in [1.29, 1.82) is 0 Å². The van der Waals surface area contributed by atoms with Crippen LogP contribution in [0.2, 0.25) is 0 Å². The summed E-state index contributed by atoms with van der Waals surface area (Å²) in [7, 11) is 3.28. The molecule has 2 aromatic carbocycles. The second kappa shape index (κ2) is 16.8. The van der Waals surface area contributed by atoms with Crippen LogP contribution in [0.25, 0.3) is 0 Å². The molecule has 4 rings (SSSR count). The highest BCUT2D eigenvalue weighted by Crippen LogP contribution is 2.36. The Morgan fingerprint density at radius 3 is 2.47 bits per heavy atom. The Bertz CT molecular complexity index is 1300. The Labute approximate surface area is 275 Å². The molecule has 0 radical (unpaired) electrons. The Morgan fingerprint density at radius 1 is 1.09 bits per heavy atom. The Kier molecular flexibility index (Phi) is 12.9. The summed E-state index contributed by atoms with van der Waals surface area (Å²) in [6.07, 6.45) is -2.11. The maximum Gasteiger partial charge on any atom is 0.410 e. The van der Waals surface area contributed by atoms with Crippen molar-refractivity contribution in [2.75, 3.05) is 71.7 Å². The lowest BCUT2D eigenvalue weighted by molar-refractivity contribution is -0.759. The molecule has 2 aliphatic heterocycles. The van der Waals surface area contributed by atoms with Gasteiger partial charge in [-0.2, -0.15) is 0 Å². The van der Waals surface area contributed by atoms with E-state index in [-0.39, 0.29) is 32.2 Å². The Morgan fingerprint density at radius 2 is 1.81 bits per heavy atom. The summed E-state index contributed by atoms with van der Waals surface area (Å²) >= 11 is 0. The summed E-state index contributed by atoms with van der Waals surface area (Å²) in [6.45, 7) is 8.04. The maximum absolute atomic E-state index is 13.3. The smallest absolute Gasteiger partial charge is 0.410 e. The Hall–Kier alpha value is -3.85. The normalized spacial score (nSPS) is 20.2. The van der Waals surface area contributed by atoms with Crippen molar-refractivity contribution < 1.29 is 48.2 Å². The van der Waals surface area contributed by atoms with Crippen LogP contribution < -0.4 is 14.4 Å². The average Bonchev–Trinajstić information content (AvgIpc) is 3.04. The molecular weight excluding hydrogens is 614 g/mol. The van der Waals surface area contributed by atoms with E-state index in [2.05, 4.69) is 15.8 Å². The third-order valence-electron chi connectivity index (χ3n) is 7.85. The Balaban J connectivity index is 1.60. The molecule has 0 saturated carbocycles. The molecule has 47 heavy (non-hydrogen) atoms. The van der Waals surface area contributed by atoms with Crippen LogP contribution in [-0.2, 0) is 30.4 Å². The molecule has 4 atom stereocenters. The van der Waals surface area contributed by atoms with Gasteiger partial charge in [-0.3, -0.25) is 0 Å². The molecule has 0 aromatic heterocycles. The van der Waals surface area contributed by atoms with E-state index in [9.17, 15) is 20.0 Å². The van der Waals surface area contributed by atoms with Gasteiger partial charge in [-0.1, -0.05) is 18.2 Å². The number of aliphatic hydroxyl groups excluding tert-OH is 1. The van der Waals surface area contributed by atoms with Gasteiger partial charge in [0.15, 0.2) is 0 Å². The zero-order chi connectivity index (χ0) is 34.0. The van der Waals surface area contributed by atoms with E-state index in [0.717, 1.165) is 42.1 Å². The number of methoxy groups -OCH3 is 2. The summed E-state index contributed by atoms with van der Waals surface area (Å²) < 4.78 is 35.0. The second-order valence-electron chi connectivity index (χ2n) is 12.6. The zero-order valence-electron chi connectivity index (χ0n) is 27.8. The number of ether oxygens (including phenoxy) is 6. The standard InChI is InChI=1S/C33H47N3O11/c1-33(2,3)47-32(38)35-18-29(44-20-23-7-12-28-27(17-23)34(14-16-43-28)13-6-15-41-4)31(24-8-10-26(42-5)11-9-24)30(19-35)45-21-25(37)22-46-36(39)40/h7-12,17,25,29-31,37H,6,13-16,18-22H2,1-5H3/t25-,29-,30+,31+/m0/s1. The van der Waals surface area contributed by atoms with Crippen molar-refractivity contribution in [2.24, 2.45) is 0 Å². The summed E-state index contributed by atoms with van der Waals surface area (Å²) in [4.78, 5) is 32.1. The van der Waals surface area contributed by atoms with Gasteiger partial charge in [0.05, 0.1) is 57.9 Å². The average molecular weight is 662 g/mol. The number of likely N-dealkylation sites (tertiary alicyclic amines) is 1. The predicted molar refractivity (Wildman–Crippen MR) is 171 cm³/mol. The number of rotatable bonds is 15. The van der Waals surface area contributed by atoms with Gasteiger partial charge in [-0.15, -0.1) is 10.1 Å². The molecule has 2 aliphatic rings. The molecule has 0 spiro atoms. The summed E-state index contributed by atoms with van der Waals surface area (Å²) in [5.41, 5.74) is 2.07. The first-order chi connectivity index (χ1) is 22.5. The minimum atomic E-state index is -1.27. The molecule has 1 amide bonds. The zero-order valence-corrected chi connectivity index (χ0v) is 27.8. The summed E-state index contributed by atoms with van der Waals surface area (Å²) in [5, 5.41) is 20.0. The van der Waals surface area contributed by atoms with Crippen molar-refractivity contribution in [2.45, 2.75) is 63.6 Å². The molecule has 260 valence electrons. The van der Waals surface area contributed by atoms with E-state index in [1.807, 2.05) is 36.4 Å². The van der Waals surface area contributed by atoms with E-state index in [0.29, 0.717) is 19.0 Å². The lowest BCUT2D eigenvalue weighted by Crippen LogP contribution is -2.55. The molecular formula is C33H47N3O11. The largest absolute Gasteiger partial charge is 0.497 e. The fraction of sp³-hybridized carbons (Fsp3) is 0.606. The molecule has 14 nitrogen and oxygen atoms in total. The number of carbonyl (C=O) groups is 1. The van der Waals surface area contributed by atoms with Crippen LogP contribution in [0.5, 0.6) is 11.5 Å². The van der Waals surface area contributed by atoms with Crippen molar-refractivity contribution >= 4 is 11.8 Å². The van der Waals surface area contributed by atoms with Crippen LogP contribution in [0, 0.1) is 10.1 Å². The van der Waals surface area contributed by atoms with Crippen molar-refractivity contribution in [1.82, 2.24) is 4.90 Å². The van der Waals surface area contributed by atoms with Gasteiger partial charge in [0.1, 0.15) is 36.4 Å². The van der Waals surface area contributed by atoms with E-state index in [1.54, 1.807) is 39.9 Å². The lowest BCUT2D eigenvalue weighted by atomic mass is 9.84. The number of aliphatic hydroxyl groups is 1. The first-order valence-corrected chi connectivity index (χ1v) is 15.8. The van der Waals surface area contributed by atoms with E-state index in [1.165, 1.54) is 0 Å². The number of hydrogen-bond donors (Lipinski definition) is 1. The van der Waals surface area contributed by atoms with Gasteiger partial charge in [0.25, 0.3) is 5.09 Å². The number of fused-ring (bicyclic) bond motifs is 1. The van der Waals surface area contributed by atoms with E-state index >= 15 is 0 Å². The lowest BCUT2D eigenvalue weighted by Gasteiger charge is -2.44. The monoisotopic (exact) mass is 661 g/mol. The maximum atomic E-state index is 13.3. The van der Waals surface area contributed by atoms with Crippen molar-refractivity contribution in [3.05, 3.63) is 63.7 Å². The van der Waals surface area contributed by atoms with Crippen LogP contribution in [0.15, 0.2) is 42.5 Å². The molecule has 0 aliphatic carbocycles. The molecule has 1 fully saturated rings. The fourth-order valence-corrected chi connectivity index (χ4v) is 5.69. The minimum absolute atomic E-state index is 0.140. The molecule has 1 saturated heterocycles. The summed E-state index contributed by atoms with van der Waals surface area (Å²) in [6, 6.07) is 13.5. The quantitative estimate of drug-likeness (QED) is 0.168. The minimum Gasteiger partial charge on any atom is -0.497 e. The predicted octanol–water partition coefficient (Wildman–Crippen LogP) is 3.80. The van der Waals surface area contributed by atoms with E-state index < -0.39 is 41.7 Å². The van der Waals surface area contributed by atoms with Crippen LogP contribution >= 0.6 is 0 Å². The van der Waals surface area contributed by atoms with Crippen molar-refractivity contribution in [3.63, 3.8) is 0 Å². The molecule has 14 heteroatoms. The van der Waals surface area contributed by atoms with Crippen LogP contribution in [0.3, 0.4) is 0 Å². The van der Waals surface area contributed by atoms with Gasteiger partial charge < -0.3 is 48.2 Å². The highest BCUT2D eigenvalue weighted by molar-refractivity contribution is 5.68. The van der Waals surface area contributed by atoms with E-state index in [4.69, 9.17) is 28.4 Å². The van der Waals surface area contributed by atoms with Gasteiger partial charge in [-0.05, 0) is 62.6 Å². The fourth-order valence-electron chi connectivity index (χ4n) is 5.69.